The molecular weight excluding hydrogens is 238 g/mol. The molecule has 0 aliphatic carbocycles. The van der Waals surface area contributed by atoms with Gasteiger partial charge in [-0.1, -0.05) is 0 Å². The summed E-state index contributed by atoms with van der Waals surface area (Å²) >= 11 is 0. The number of benzene rings is 1. The first kappa shape index (κ1) is 12.0. The van der Waals surface area contributed by atoms with Crippen molar-refractivity contribution in [3.63, 3.8) is 0 Å². The zero-order valence-electron chi connectivity index (χ0n) is 10.7. The van der Waals surface area contributed by atoms with Gasteiger partial charge in [-0.2, -0.15) is 0 Å². The Balaban J connectivity index is 1.68. The highest BCUT2D eigenvalue weighted by molar-refractivity contribution is 5.62. The SMILES string of the molecule is c1cc(Nc2ccc(N3CCOCC3)cc2)ccn1. The van der Waals surface area contributed by atoms with E-state index in [2.05, 4.69) is 39.5 Å². The molecule has 1 saturated heterocycles. The van der Waals surface area contributed by atoms with Gasteiger partial charge in [-0.25, -0.2) is 0 Å². The van der Waals surface area contributed by atoms with Crippen LogP contribution >= 0.6 is 0 Å². The Hall–Kier alpha value is -2.07. The summed E-state index contributed by atoms with van der Waals surface area (Å²) < 4.78 is 5.36. The maximum absolute atomic E-state index is 5.36. The Morgan fingerprint density at radius 2 is 1.53 bits per heavy atom. The lowest BCUT2D eigenvalue weighted by Gasteiger charge is -2.28. The largest absolute Gasteiger partial charge is 0.378 e. The van der Waals surface area contributed by atoms with Crippen LogP contribution in [0.3, 0.4) is 0 Å². The van der Waals surface area contributed by atoms with Crippen molar-refractivity contribution in [2.24, 2.45) is 0 Å². The average Bonchev–Trinajstić information content (AvgIpc) is 2.50. The lowest BCUT2D eigenvalue weighted by Crippen LogP contribution is -2.36. The van der Waals surface area contributed by atoms with Crippen LogP contribution in [0.25, 0.3) is 0 Å². The van der Waals surface area contributed by atoms with Gasteiger partial charge in [0.05, 0.1) is 13.2 Å². The van der Waals surface area contributed by atoms with Gasteiger partial charge in [0.2, 0.25) is 0 Å². The summed E-state index contributed by atoms with van der Waals surface area (Å²) in [5, 5.41) is 3.35. The smallest absolute Gasteiger partial charge is 0.0642 e. The second-order valence-electron chi connectivity index (χ2n) is 4.51. The zero-order valence-corrected chi connectivity index (χ0v) is 10.7. The van der Waals surface area contributed by atoms with Crippen molar-refractivity contribution in [2.45, 2.75) is 0 Å². The number of hydrogen-bond donors (Lipinski definition) is 1. The zero-order chi connectivity index (χ0) is 12.9. The van der Waals surface area contributed by atoms with Gasteiger partial charge < -0.3 is 15.0 Å². The first-order valence-electron chi connectivity index (χ1n) is 6.52. The molecule has 1 N–H and O–H groups in total. The third-order valence-corrected chi connectivity index (χ3v) is 3.21. The molecule has 0 atom stereocenters. The average molecular weight is 255 g/mol. The lowest BCUT2D eigenvalue weighted by molar-refractivity contribution is 0.122. The minimum atomic E-state index is 0.816. The summed E-state index contributed by atoms with van der Waals surface area (Å²) in [6.45, 7) is 3.57. The first-order valence-corrected chi connectivity index (χ1v) is 6.52. The standard InChI is InChI=1S/C15H17N3O/c1-3-15(18-9-11-19-12-10-18)4-2-13(1)17-14-5-7-16-8-6-14/h1-8H,9-12H2,(H,16,17). The van der Waals surface area contributed by atoms with E-state index < -0.39 is 0 Å². The molecule has 0 amide bonds. The van der Waals surface area contributed by atoms with Crippen LogP contribution in [-0.4, -0.2) is 31.3 Å². The molecule has 1 fully saturated rings. The minimum absolute atomic E-state index is 0.816. The molecule has 0 saturated carbocycles. The van der Waals surface area contributed by atoms with Gasteiger partial charge in [-0.05, 0) is 36.4 Å². The normalized spacial score (nSPS) is 15.3. The van der Waals surface area contributed by atoms with Gasteiger partial charge in [0.1, 0.15) is 0 Å². The summed E-state index contributed by atoms with van der Waals surface area (Å²) in [7, 11) is 0. The number of hydrogen-bond acceptors (Lipinski definition) is 4. The monoisotopic (exact) mass is 255 g/mol. The maximum Gasteiger partial charge on any atom is 0.0642 e. The van der Waals surface area contributed by atoms with Gasteiger partial charge in [-0.3, -0.25) is 4.98 Å². The van der Waals surface area contributed by atoms with Gasteiger partial charge in [0.15, 0.2) is 0 Å². The Morgan fingerprint density at radius 3 is 2.21 bits per heavy atom. The van der Waals surface area contributed by atoms with Crippen molar-refractivity contribution in [2.75, 3.05) is 36.5 Å². The fourth-order valence-electron chi connectivity index (χ4n) is 2.18. The molecule has 2 aromatic rings. The predicted octanol–water partition coefficient (Wildman–Crippen LogP) is 2.66. The molecular formula is C15H17N3O. The number of anilines is 3. The van der Waals surface area contributed by atoms with E-state index in [4.69, 9.17) is 4.74 Å². The molecule has 19 heavy (non-hydrogen) atoms. The second-order valence-corrected chi connectivity index (χ2v) is 4.51. The van der Waals surface area contributed by atoms with Crippen LogP contribution in [0.15, 0.2) is 48.8 Å². The van der Waals surface area contributed by atoms with E-state index in [9.17, 15) is 0 Å². The van der Waals surface area contributed by atoms with E-state index in [0.717, 1.165) is 37.7 Å². The molecule has 98 valence electrons. The van der Waals surface area contributed by atoms with Crippen molar-refractivity contribution in [1.29, 1.82) is 0 Å². The molecule has 1 aliphatic rings. The molecule has 2 heterocycles. The summed E-state index contributed by atoms with van der Waals surface area (Å²) in [4.78, 5) is 6.35. The number of morpholine rings is 1. The molecule has 4 heteroatoms. The summed E-state index contributed by atoms with van der Waals surface area (Å²) in [5.74, 6) is 0. The van der Waals surface area contributed by atoms with E-state index in [1.165, 1.54) is 5.69 Å². The molecule has 1 aromatic heterocycles. The molecule has 4 nitrogen and oxygen atoms in total. The summed E-state index contributed by atoms with van der Waals surface area (Å²) in [5.41, 5.74) is 3.39. The third-order valence-electron chi connectivity index (χ3n) is 3.21. The van der Waals surface area contributed by atoms with E-state index in [1.807, 2.05) is 12.1 Å². The second kappa shape index (κ2) is 5.71. The number of nitrogens with zero attached hydrogens (tertiary/aromatic N) is 2. The highest BCUT2D eigenvalue weighted by atomic mass is 16.5. The first-order chi connectivity index (χ1) is 9.42. The number of pyridine rings is 1. The van der Waals surface area contributed by atoms with Crippen LogP contribution in [-0.2, 0) is 4.74 Å². The predicted molar refractivity (Wildman–Crippen MR) is 77.0 cm³/mol. The highest BCUT2D eigenvalue weighted by Gasteiger charge is 2.10. The topological polar surface area (TPSA) is 37.4 Å². The van der Waals surface area contributed by atoms with Crippen LogP contribution < -0.4 is 10.2 Å². The molecule has 3 rings (SSSR count). The minimum Gasteiger partial charge on any atom is -0.378 e. The van der Waals surface area contributed by atoms with Crippen molar-refractivity contribution >= 4 is 17.1 Å². The van der Waals surface area contributed by atoms with Crippen LogP contribution in [0.5, 0.6) is 0 Å². The van der Waals surface area contributed by atoms with Crippen LogP contribution in [0.4, 0.5) is 17.1 Å². The molecule has 0 bridgehead atoms. The highest BCUT2D eigenvalue weighted by Crippen LogP contribution is 2.21. The van der Waals surface area contributed by atoms with Crippen molar-refractivity contribution in [3.05, 3.63) is 48.8 Å². The van der Waals surface area contributed by atoms with Gasteiger partial charge in [0, 0.05) is 42.5 Å². The summed E-state index contributed by atoms with van der Waals surface area (Å²) in [6, 6.07) is 12.4. The van der Waals surface area contributed by atoms with E-state index >= 15 is 0 Å². The van der Waals surface area contributed by atoms with E-state index in [1.54, 1.807) is 12.4 Å². The fourth-order valence-corrected chi connectivity index (χ4v) is 2.18. The Kier molecular flexibility index (Phi) is 3.61. The lowest BCUT2D eigenvalue weighted by atomic mass is 10.2. The number of ether oxygens (including phenoxy) is 1. The van der Waals surface area contributed by atoms with Crippen LogP contribution in [0.1, 0.15) is 0 Å². The third kappa shape index (κ3) is 3.03. The van der Waals surface area contributed by atoms with Crippen molar-refractivity contribution in [1.82, 2.24) is 4.98 Å². The maximum atomic E-state index is 5.36. The summed E-state index contributed by atoms with van der Waals surface area (Å²) in [6.07, 6.45) is 3.56. The Morgan fingerprint density at radius 1 is 0.895 bits per heavy atom. The van der Waals surface area contributed by atoms with Gasteiger partial charge in [0.25, 0.3) is 0 Å². The molecule has 1 aromatic carbocycles. The number of aromatic nitrogens is 1. The van der Waals surface area contributed by atoms with E-state index in [-0.39, 0.29) is 0 Å². The van der Waals surface area contributed by atoms with Crippen molar-refractivity contribution in [3.8, 4) is 0 Å². The number of nitrogens with one attached hydrogen (secondary N) is 1. The van der Waals surface area contributed by atoms with Crippen LogP contribution in [0.2, 0.25) is 0 Å². The molecule has 0 spiro atoms. The Bertz CT molecular complexity index is 507. The molecule has 1 aliphatic heterocycles. The molecule has 0 radical (unpaired) electrons. The van der Waals surface area contributed by atoms with Crippen LogP contribution in [0, 0.1) is 0 Å². The number of rotatable bonds is 3. The van der Waals surface area contributed by atoms with Gasteiger partial charge in [-0.15, -0.1) is 0 Å². The quantitative estimate of drug-likeness (QED) is 0.915. The van der Waals surface area contributed by atoms with Gasteiger partial charge >= 0.3 is 0 Å². The van der Waals surface area contributed by atoms with E-state index in [0.29, 0.717) is 0 Å². The molecule has 0 unspecified atom stereocenters. The van der Waals surface area contributed by atoms with Crippen molar-refractivity contribution < 1.29 is 4.74 Å². The fraction of sp³-hybridized carbons (Fsp3) is 0.267. The Labute approximate surface area is 113 Å².